The molecular weight excluding hydrogens is 477 g/mol. The van der Waals surface area contributed by atoms with Crippen molar-refractivity contribution in [1.82, 2.24) is 14.8 Å². The lowest BCUT2D eigenvalue weighted by atomic mass is 10.1. The average molecular weight is 498 g/mol. The first-order valence-electron chi connectivity index (χ1n) is 10.3. The summed E-state index contributed by atoms with van der Waals surface area (Å²) in [5.74, 6) is -0.505. The van der Waals surface area contributed by atoms with Crippen LogP contribution in [0, 0.1) is 15.9 Å². The van der Waals surface area contributed by atoms with Crippen LogP contribution in [0.2, 0.25) is 0 Å². The Morgan fingerprint density at radius 1 is 1.15 bits per heavy atom. The summed E-state index contributed by atoms with van der Waals surface area (Å²) in [6, 6.07) is 17.4. The Hall–Kier alpha value is -3.57. The predicted molar refractivity (Wildman–Crippen MR) is 130 cm³/mol. The molecule has 0 spiro atoms. The fraction of sp³-hybridized carbons (Fsp3) is 0.174. The van der Waals surface area contributed by atoms with E-state index < -0.39 is 16.4 Å². The Morgan fingerprint density at radius 3 is 2.71 bits per heavy atom. The molecule has 1 amide bonds. The third-order valence-electron chi connectivity index (χ3n) is 4.93. The van der Waals surface area contributed by atoms with E-state index in [9.17, 15) is 19.3 Å². The number of aryl methyl sites for hydroxylation is 1. The molecule has 0 aliphatic carbocycles. The molecule has 0 atom stereocenters. The number of carbonyl (C=O) groups is 1. The first kappa shape index (κ1) is 23.6. The van der Waals surface area contributed by atoms with E-state index in [2.05, 4.69) is 27.6 Å². The monoisotopic (exact) mass is 497 g/mol. The number of rotatable bonds is 10. The van der Waals surface area contributed by atoms with E-state index in [0.717, 1.165) is 24.4 Å². The minimum Gasteiger partial charge on any atom is -0.325 e. The van der Waals surface area contributed by atoms with Crippen LogP contribution in [0.5, 0.6) is 0 Å². The number of aromatic nitrogens is 3. The molecule has 0 fully saturated rings. The van der Waals surface area contributed by atoms with Crippen molar-refractivity contribution in [2.75, 3.05) is 11.1 Å². The maximum atomic E-state index is 13.5. The molecule has 2 aromatic heterocycles. The number of hydrogen-bond acceptors (Lipinski definition) is 7. The second kappa shape index (κ2) is 11.0. The number of thioether (sulfide) groups is 1. The fourth-order valence-electron chi connectivity index (χ4n) is 3.29. The Labute approximate surface area is 203 Å². The minimum atomic E-state index is -0.956. The Kier molecular flexibility index (Phi) is 7.65. The van der Waals surface area contributed by atoms with Crippen molar-refractivity contribution in [3.05, 3.63) is 98.2 Å². The van der Waals surface area contributed by atoms with Crippen molar-refractivity contribution < 1.29 is 14.1 Å². The number of thiophene rings is 1. The third kappa shape index (κ3) is 6.06. The van der Waals surface area contributed by atoms with Crippen molar-refractivity contribution in [1.29, 1.82) is 0 Å². The molecule has 0 unspecified atom stereocenters. The van der Waals surface area contributed by atoms with Gasteiger partial charge in [-0.1, -0.05) is 48.2 Å². The number of nitro benzene ring substituents is 1. The summed E-state index contributed by atoms with van der Waals surface area (Å²) in [6.07, 6.45) is 1.43. The second-order valence-corrected chi connectivity index (χ2v) is 9.28. The normalized spacial score (nSPS) is 10.9. The zero-order valence-corrected chi connectivity index (χ0v) is 19.5. The quantitative estimate of drug-likeness (QED) is 0.189. The summed E-state index contributed by atoms with van der Waals surface area (Å²) in [7, 11) is 0. The highest BCUT2D eigenvalue weighted by molar-refractivity contribution is 7.99. The third-order valence-corrected chi connectivity index (χ3v) is 6.77. The van der Waals surface area contributed by atoms with Crippen molar-refractivity contribution in [3.63, 3.8) is 0 Å². The van der Waals surface area contributed by atoms with Gasteiger partial charge in [0.2, 0.25) is 11.7 Å². The van der Waals surface area contributed by atoms with Crippen LogP contribution in [-0.4, -0.2) is 31.3 Å². The molecule has 11 heteroatoms. The first-order chi connectivity index (χ1) is 16.5. The van der Waals surface area contributed by atoms with Gasteiger partial charge in [0, 0.05) is 29.6 Å². The molecule has 34 heavy (non-hydrogen) atoms. The largest absolute Gasteiger partial charge is 0.325 e. The van der Waals surface area contributed by atoms with Crippen LogP contribution in [-0.2, 0) is 24.2 Å². The van der Waals surface area contributed by atoms with Crippen molar-refractivity contribution in [3.8, 4) is 0 Å². The number of benzene rings is 2. The van der Waals surface area contributed by atoms with Gasteiger partial charge in [-0.2, -0.15) is 4.39 Å². The first-order valence-corrected chi connectivity index (χ1v) is 12.2. The summed E-state index contributed by atoms with van der Waals surface area (Å²) in [6.45, 7) is 0.659. The van der Waals surface area contributed by atoms with Gasteiger partial charge in [0.25, 0.3) is 0 Å². The van der Waals surface area contributed by atoms with Crippen LogP contribution in [0.25, 0.3) is 0 Å². The molecule has 8 nitrogen and oxygen atoms in total. The lowest BCUT2D eigenvalue weighted by molar-refractivity contribution is -0.387. The average Bonchev–Trinajstić information content (AvgIpc) is 3.48. The molecule has 174 valence electrons. The zero-order valence-electron chi connectivity index (χ0n) is 17.9. The van der Waals surface area contributed by atoms with Crippen LogP contribution < -0.4 is 5.32 Å². The van der Waals surface area contributed by atoms with Crippen LogP contribution in [0.3, 0.4) is 0 Å². The van der Waals surface area contributed by atoms with Gasteiger partial charge in [-0.3, -0.25) is 14.9 Å². The second-order valence-electron chi connectivity index (χ2n) is 7.30. The molecule has 0 saturated heterocycles. The van der Waals surface area contributed by atoms with Gasteiger partial charge in [0.15, 0.2) is 5.16 Å². The van der Waals surface area contributed by atoms with Crippen molar-refractivity contribution in [2.24, 2.45) is 0 Å². The Balaban J connectivity index is 1.45. The summed E-state index contributed by atoms with van der Waals surface area (Å²) in [5, 5.41) is 24.8. The van der Waals surface area contributed by atoms with E-state index in [-0.39, 0.29) is 17.3 Å². The summed E-state index contributed by atoms with van der Waals surface area (Å²) >= 11 is 2.88. The number of halogens is 1. The van der Waals surface area contributed by atoms with E-state index in [1.54, 1.807) is 11.3 Å². The van der Waals surface area contributed by atoms with Gasteiger partial charge < -0.3 is 9.88 Å². The molecule has 0 bridgehead atoms. The molecule has 2 heterocycles. The molecule has 1 N–H and O–H groups in total. The lowest BCUT2D eigenvalue weighted by Gasteiger charge is -2.10. The molecule has 0 radical (unpaired) electrons. The van der Waals surface area contributed by atoms with Crippen LogP contribution in [0.1, 0.15) is 16.3 Å². The van der Waals surface area contributed by atoms with Crippen molar-refractivity contribution in [2.45, 2.75) is 24.5 Å². The van der Waals surface area contributed by atoms with E-state index in [4.69, 9.17) is 0 Å². The lowest BCUT2D eigenvalue weighted by Crippen LogP contribution is -2.15. The van der Waals surface area contributed by atoms with Crippen LogP contribution in [0.15, 0.2) is 71.2 Å². The highest BCUT2D eigenvalue weighted by atomic mass is 32.2. The molecule has 2 aromatic carbocycles. The Morgan fingerprint density at radius 2 is 1.97 bits per heavy atom. The molecular formula is C23H20FN5O3S2. The highest BCUT2D eigenvalue weighted by Gasteiger charge is 2.17. The molecule has 4 aromatic rings. The van der Waals surface area contributed by atoms with Gasteiger partial charge in [0.05, 0.1) is 10.7 Å². The molecule has 0 aliphatic rings. The molecule has 0 aliphatic heterocycles. The van der Waals surface area contributed by atoms with E-state index in [1.807, 2.05) is 40.3 Å². The summed E-state index contributed by atoms with van der Waals surface area (Å²) < 4.78 is 15.6. The number of nitrogens with one attached hydrogen (secondary N) is 1. The Bertz CT molecular complexity index is 1280. The number of hydrogen-bond donors (Lipinski definition) is 1. The van der Waals surface area contributed by atoms with Gasteiger partial charge in [0.1, 0.15) is 5.82 Å². The SMILES string of the molecule is O=C(CSc1nnc(Cc2cccs2)n1CCc1ccccc1)Nc1ccc(F)c([N+](=O)[O-])c1. The number of anilines is 1. The van der Waals surface area contributed by atoms with E-state index in [0.29, 0.717) is 18.1 Å². The topological polar surface area (TPSA) is 103 Å². The van der Waals surface area contributed by atoms with Crippen LogP contribution in [0.4, 0.5) is 15.8 Å². The van der Waals surface area contributed by atoms with Gasteiger partial charge in [-0.15, -0.1) is 21.5 Å². The van der Waals surface area contributed by atoms with Gasteiger partial charge in [-0.25, -0.2) is 0 Å². The number of nitro groups is 1. The zero-order chi connectivity index (χ0) is 23.9. The van der Waals surface area contributed by atoms with E-state index >= 15 is 0 Å². The summed E-state index contributed by atoms with van der Waals surface area (Å²) in [5.41, 5.74) is 0.650. The highest BCUT2D eigenvalue weighted by Crippen LogP contribution is 2.24. The maximum Gasteiger partial charge on any atom is 0.306 e. The molecule has 0 saturated carbocycles. The van der Waals surface area contributed by atoms with Crippen molar-refractivity contribution >= 4 is 40.4 Å². The fourth-order valence-corrected chi connectivity index (χ4v) is 4.78. The number of amides is 1. The van der Waals surface area contributed by atoms with Gasteiger partial charge in [-0.05, 0) is 35.6 Å². The standard InChI is InChI=1S/C23H20FN5O3S2/c24-19-9-8-17(13-20(19)29(31)32)25-22(30)15-34-23-27-26-21(14-18-7-4-12-33-18)28(23)11-10-16-5-2-1-3-6-16/h1-9,12-13H,10-11,14-15H2,(H,25,30). The van der Waals surface area contributed by atoms with Crippen LogP contribution >= 0.6 is 23.1 Å². The molecule has 4 rings (SSSR count). The smallest absolute Gasteiger partial charge is 0.306 e. The van der Waals surface area contributed by atoms with Gasteiger partial charge >= 0.3 is 5.69 Å². The summed E-state index contributed by atoms with van der Waals surface area (Å²) in [4.78, 5) is 23.7. The minimum absolute atomic E-state index is 0.0215. The maximum absolute atomic E-state index is 13.5. The predicted octanol–water partition coefficient (Wildman–Crippen LogP) is 4.95. The number of nitrogens with zero attached hydrogens (tertiary/aromatic N) is 4. The number of carbonyl (C=O) groups excluding carboxylic acids is 1. The van der Waals surface area contributed by atoms with E-state index in [1.165, 1.54) is 28.3 Å².